The molecule has 0 spiro atoms. The SMILES string of the molecule is COC(=O)Cc1cccc(NC(=O)c2[nH]ncc2NC(=O)c2c(F)cccc2F)c1N. The summed E-state index contributed by atoms with van der Waals surface area (Å²) in [4.78, 5) is 36.4. The molecule has 0 bridgehead atoms. The Hall–Kier alpha value is -4.28. The smallest absolute Gasteiger partial charge is 0.310 e. The quantitative estimate of drug-likeness (QED) is 0.351. The second-order valence-corrected chi connectivity index (χ2v) is 6.29. The van der Waals surface area contributed by atoms with E-state index < -0.39 is 35.0 Å². The number of amides is 2. The van der Waals surface area contributed by atoms with Crippen LogP contribution in [0.1, 0.15) is 26.4 Å². The fraction of sp³-hybridized carbons (Fsp3) is 0.100. The third kappa shape index (κ3) is 4.66. The summed E-state index contributed by atoms with van der Waals surface area (Å²) in [5.41, 5.74) is 5.74. The van der Waals surface area contributed by atoms with Gasteiger partial charge in [0.25, 0.3) is 11.8 Å². The van der Waals surface area contributed by atoms with E-state index in [1.807, 2.05) is 0 Å². The number of rotatable bonds is 6. The summed E-state index contributed by atoms with van der Waals surface area (Å²) in [6.45, 7) is 0. The zero-order valence-corrected chi connectivity index (χ0v) is 16.2. The minimum absolute atomic E-state index is 0.0917. The number of hydrogen-bond donors (Lipinski definition) is 4. The Morgan fingerprint density at radius 2 is 1.68 bits per heavy atom. The van der Waals surface area contributed by atoms with Crippen molar-refractivity contribution in [2.24, 2.45) is 0 Å². The van der Waals surface area contributed by atoms with Gasteiger partial charge in [-0.1, -0.05) is 18.2 Å². The molecule has 9 nitrogen and oxygen atoms in total. The van der Waals surface area contributed by atoms with E-state index in [2.05, 4.69) is 25.6 Å². The highest BCUT2D eigenvalue weighted by molar-refractivity contribution is 6.12. The van der Waals surface area contributed by atoms with Crippen LogP contribution in [0.15, 0.2) is 42.6 Å². The predicted octanol–water partition coefficient (Wildman–Crippen LogP) is 2.49. The number of nitrogens with zero attached hydrogens (tertiary/aromatic N) is 1. The monoisotopic (exact) mass is 429 g/mol. The van der Waals surface area contributed by atoms with Crippen LogP contribution in [0.4, 0.5) is 25.8 Å². The van der Waals surface area contributed by atoms with Gasteiger partial charge in [-0.3, -0.25) is 19.5 Å². The summed E-state index contributed by atoms with van der Waals surface area (Å²) >= 11 is 0. The number of anilines is 3. The number of nitrogens with two attached hydrogens (primary N) is 1. The molecule has 3 rings (SSSR count). The van der Waals surface area contributed by atoms with Crippen LogP contribution in [0.3, 0.4) is 0 Å². The maximum atomic E-state index is 13.8. The number of nitrogen functional groups attached to an aromatic ring is 1. The molecule has 0 aliphatic carbocycles. The first-order chi connectivity index (χ1) is 14.8. The highest BCUT2D eigenvalue weighted by atomic mass is 19.1. The van der Waals surface area contributed by atoms with E-state index in [4.69, 9.17) is 5.73 Å². The Balaban J connectivity index is 1.80. The van der Waals surface area contributed by atoms with Crippen molar-refractivity contribution in [3.8, 4) is 0 Å². The van der Waals surface area contributed by atoms with Crippen molar-refractivity contribution >= 4 is 34.8 Å². The molecule has 0 saturated heterocycles. The molecule has 31 heavy (non-hydrogen) atoms. The second-order valence-electron chi connectivity index (χ2n) is 6.29. The molecule has 0 unspecified atom stereocenters. The molecule has 1 heterocycles. The fourth-order valence-corrected chi connectivity index (χ4v) is 2.74. The maximum absolute atomic E-state index is 13.8. The van der Waals surface area contributed by atoms with E-state index in [0.717, 1.165) is 24.4 Å². The van der Waals surface area contributed by atoms with E-state index in [9.17, 15) is 23.2 Å². The third-order valence-corrected chi connectivity index (χ3v) is 4.31. The minimum atomic E-state index is -1.09. The van der Waals surface area contributed by atoms with Gasteiger partial charge in [0.15, 0.2) is 0 Å². The number of para-hydroxylation sites is 1. The van der Waals surface area contributed by atoms with Crippen LogP contribution in [-0.4, -0.2) is 35.1 Å². The lowest BCUT2D eigenvalue weighted by molar-refractivity contribution is -0.139. The van der Waals surface area contributed by atoms with Gasteiger partial charge >= 0.3 is 5.97 Å². The number of aromatic nitrogens is 2. The number of carbonyl (C=O) groups is 3. The lowest BCUT2D eigenvalue weighted by Crippen LogP contribution is -2.20. The zero-order chi connectivity index (χ0) is 22.5. The van der Waals surface area contributed by atoms with Gasteiger partial charge in [-0.2, -0.15) is 5.10 Å². The normalized spacial score (nSPS) is 10.4. The third-order valence-electron chi connectivity index (χ3n) is 4.31. The van der Waals surface area contributed by atoms with Crippen molar-refractivity contribution in [1.82, 2.24) is 10.2 Å². The van der Waals surface area contributed by atoms with Gasteiger partial charge in [0, 0.05) is 0 Å². The van der Waals surface area contributed by atoms with Gasteiger partial charge < -0.3 is 21.1 Å². The molecular formula is C20H17F2N5O4. The number of esters is 1. The van der Waals surface area contributed by atoms with Crippen LogP contribution in [0.5, 0.6) is 0 Å². The first kappa shape index (κ1) is 21.4. The Bertz CT molecular complexity index is 1140. The highest BCUT2D eigenvalue weighted by Crippen LogP contribution is 2.25. The molecule has 0 saturated carbocycles. The van der Waals surface area contributed by atoms with Crippen molar-refractivity contribution in [2.45, 2.75) is 6.42 Å². The van der Waals surface area contributed by atoms with Gasteiger partial charge in [0.2, 0.25) is 0 Å². The van der Waals surface area contributed by atoms with E-state index in [1.165, 1.54) is 13.2 Å². The Labute approximate surface area is 174 Å². The number of ether oxygens (including phenoxy) is 1. The lowest BCUT2D eigenvalue weighted by Gasteiger charge is -2.12. The number of benzene rings is 2. The number of hydrogen-bond acceptors (Lipinski definition) is 6. The number of halogens is 2. The molecular weight excluding hydrogens is 412 g/mol. The Kier molecular flexibility index (Phi) is 6.24. The first-order valence-electron chi connectivity index (χ1n) is 8.86. The van der Waals surface area contributed by atoms with Crippen molar-refractivity contribution < 1.29 is 27.9 Å². The van der Waals surface area contributed by atoms with Crippen molar-refractivity contribution in [3.05, 3.63) is 71.1 Å². The molecule has 0 fully saturated rings. The average Bonchev–Trinajstić information content (AvgIpc) is 3.18. The van der Waals surface area contributed by atoms with Crippen molar-refractivity contribution in [1.29, 1.82) is 0 Å². The predicted molar refractivity (Wildman–Crippen MR) is 107 cm³/mol. The van der Waals surface area contributed by atoms with Gasteiger partial charge in [-0.25, -0.2) is 8.78 Å². The molecule has 1 aromatic heterocycles. The van der Waals surface area contributed by atoms with Gasteiger partial charge in [-0.15, -0.1) is 0 Å². The summed E-state index contributed by atoms with van der Waals surface area (Å²) in [5.74, 6) is -4.44. The van der Waals surface area contributed by atoms with Crippen LogP contribution in [0, 0.1) is 11.6 Å². The fourth-order valence-electron chi connectivity index (χ4n) is 2.74. The first-order valence-corrected chi connectivity index (χ1v) is 8.86. The topological polar surface area (TPSA) is 139 Å². The number of carbonyl (C=O) groups excluding carboxylic acids is 3. The van der Waals surface area contributed by atoms with Gasteiger partial charge in [-0.05, 0) is 23.8 Å². The van der Waals surface area contributed by atoms with E-state index >= 15 is 0 Å². The molecule has 0 aliphatic rings. The minimum Gasteiger partial charge on any atom is -0.469 e. The number of H-pyrrole nitrogens is 1. The summed E-state index contributed by atoms with van der Waals surface area (Å²) in [6, 6.07) is 7.69. The van der Waals surface area contributed by atoms with Crippen molar-refractivity contribution in [2.75, 3.05) is 23.5 Å². The molecule has 3 aromatic rings. The molecule has 0 atom stereocenters. The van der Waals surface area contributed by atoms with Gasteiger partial charge in [0.1, 0.15) is 22.9 Å². The summed E-state index contributed by atoms with van der Waals surface area (Å²) in [5, 5.41) is 10.9. The van der Waals surface area contributed by atoms with Crippen LogP contribution in [0.25, 0.3) is 0 Å². The largest absolute Gasteiger partial charge is 0.469 e. The highest BCUT2D eigenvalue weighted by Gasteiger charge is 2.22. The number of nitrogens with one attached hydrogen (secondary N) is 3. The van der Waals surface area contributed by atoms with E-state index in [0.29, 0.717) is 5.56 Å². The average molecular weight is 429 g/mol. The molecule has 160 valence electrons. The Morgan fingerprint density at radius 1 is 1.03 bits per heavy atom. The lowest BCUT2D eigenvalue weighted by atomic mass is 10.1. The molecule has 0 aliphatic heterocycles. The number of aromatic amines is 1. The van der Waals surface area contributed by atoms with Crippen LogP contribution >= 0.6 is 0 Å². The molecule has 2 amide bonds. The van der Waals surface area contributed by atoms with Crippen LogP contribution in [-0.2, 0) is 16.0 Å². The van der Waals surface area contributed by atoms with Crippen LogP contribution < -0.4 is 16.4 Å². The summed E-state index contributed by atoms with van der Waals surface area (Å²) in [7, 11) is 1.24. The summed E-state index contributed by atoms with van der Waals surface area (Å²) in [6.07, 6.45) is 1.02. The van der Waals surface area contributed by atoms with E-state index in [-0.39, 0.29) is 29.2 Å². The number of methoxy groups -OCH3 is 1. The molecule has 2 aromatic carbocycles. The Morgan fingerprint density at radius 3 is 2.35 bits per heavy atom. The molecule has 11 heteroatoms. The standard InChI is InChI=1S/C20H17F2N5O4/c1-31-15(28)8-10-4-2-7-13(17(10)23)25-20(30)18-14(9-24-27-18)26-19(29)16-11(21)5-3-6-12(16)22/h2-7,9H,8,23H2,1H3,(H,24,27)(H,25,30)(H,26,29). The zero-order valence-electron chi connectivity index (χ0n) is 16.2. The van der Waals surface area contributed by atoms with Crippen LogP contribution in [0.2, 0.25) is 0 Å². The summed E-state index contributed by atoms with van der Waals surface area (Å²) < 4.78 is 32.3. The second kappa shape index (κ2) is 9.03. The van der Waals surface area contributed by atoms with E-state index in [1.54, 1.807) is 12.1 Å². The maximum Gasteiger partial charge on any atom is 0.310 e. The molecule has 5 N–H and O–H groups in total. The van der Waals surface area contributed by atoms with Gasteiger partial charge in [0.05, 0.1) is 36.8 Å². The van der Waals surface area contributed by atoms with Crippen molar-refractivity contribution in [3.63, 3.8) is 0 Å². The molecule has 0 radical (unpaired) electrons.